The SMILES string of the molecule is O=C(NC[C@@H]1CC[C@H](O)C1)Nc1nc(-c2ccc(F)cc2)ns1. The molecular weight excluding hydrogens is 319 g/mol. The van der Waals surface area contributed by atoms with Gasteiger partial charge in [0.05, 0.1) is 6.10 Å². The Morgan fingerprint density at radius 3 is 2.83 bits per heavy atom. The molecule has 2 aromatic rings. The quantitative estimate of drug-likeness (QED) is 0.801. The van der Waals surface area contributed by atoms with E-state index in [0.29, 0.717) is 29.0 Å². The molecule has 0 aliphatic heterocycles. The summed E-state index contributed by atoms with van der Waals surface area (Å²) < 4.78 is 17.0. The van der Waals surface area contributed by atoms with Crippen LogP contribution in [0.2, 0.25) is 0 Å². The van der Waals surface area contributed by atoms with Crippen LogP contribution in [0.3, 0.4) is 0 Å². The zero-order valence-electron chi connectivity index (χ0n) is 12.3. The first-order valence-electron chi connectivity index (χ1n) is 7.42. The molecule has 6 nitrogen and oxygen atoms in total. The number of aliphatic hydroxyl groups is 1. The number of anilines is 1. The topological polar surface area (TPSA) is 87.1 Å². The van der Waals surface area contributed by atoms with Crippen molar-refractivity contribution in [2.75, 3.05) is 11.9 Å². The normalized spacial score (nSPS) is 20.4. The van der Waals surface area contributed by atoms with E-state index in [9.17, 15) is 14.3 Å². The number of rotatable bonds is 4. The molecule has 1 aromatic carbocycles. The summed E-state index contributed by atoms with van der Waals surface area (Å²) in [4.78, 5) is 16.1. The van der Waals surface area contributed by atoms with Crippen LogP contribution in [0, 0.1) is 11.7 Å². The number of halogens is 1. The highest BCUT2D eigenvalue weighted by atomic mass is 32.1. The summed E-state index contributed by atoms with van der Waals surface area (Å²) in [5, 5.41) is 15.3. The third-order valence-electron chi connectivity index (χ3n) is 3.81. The number of amides is 2. The van der Waals surface area contributed by atoms with Crippen LogP contribution in [-0.2, 0) is 0 Å². The molecule has 2 atom stereocenters. The van der Waals surface area contributed by atoms with Gasteiger partial charge in [0.15, 0.2) is 5.82 Å². The molecule has 0 radical (unpaired) electrons. The lowest BCUT2D eigenvalue weighted by molar-refractivity contribution is 0.177. The van der Waals surface area contributed by atoms with Crippen molar-refractivity contribution in [1.29, 1.82) is 0 Å². The van der Waals surface area contributed by atoms with Gasteiger partial charge in [-0.15, -0.1) is 0 Å². The Bertz CT molecular complexity index is 676. The van der Waals surface area contributed by atoms with Crippen LogP contribution < -0.4 is 10.6 Å². The Balaban J connectivity index is 1.52. The van der Waals surface area contributed by atoms with E-state index < -0.39 is 0 Å². The van der Waals surface area contributed by atoms with Gasteiger partial charge in [0.1, 0.15) is 5.82 Å². The molecule has 23 heavy (non-hydrogen) atoms. The summed E-state index contributed by atoms with van der Waals surface area (Å²) in [7, 11) is 0. The average Bonchev–Trinajstić information content (AvgIpc) is 3.15. The molecule has 1 saturated carbocycles. The molecule has 0 unspecified atom stereocenters. The number of benzene rings is 1. The van der Waals surface area contributed by atoms with Gasteiger partial charge in [-0.1, -0.05) is 0 Å². The first kappa shape index (κ1) is 15.8. The van der Waals surface area contributed by atoms with Crippen LogP contribution in [0.25, 0.3) is 11.4 Å². The maximum absolute atomic E-state index is 12.9. The van der Waals surface area contributed by atoms with Gasteiger partial charge in [-0.05, 0) is 49.4 Å². The molecule has 0 saturated heterocycles. The van der Waals surface area contributed by atoms with Gasteiger partial charge in [0.25, 0.3) is 0 Å². The van der Waals surface area contributed by atoms with E-state index in [0.717, 1.165) is 30.8 Å². The molecule has 0 spiro atoms. The second kappa shape index (κ2) is 7.01. The molecule has 3 rings (SSSR count). The number of carbonyl (C=O) groups is 1. The molecule has 1 heterocycles. The van der Waals surface area contributed by atoms with Gasteiger partial charge >= 0.3 is 6.03 Å². The number of aliphatic hydroxyl groups excluding tert-OH is 1. The number of hydrogen-bond acceptors (Lipinski definition) is 5. The Hall–Kier alpha value is -2.06. The van der Waals surface area contributed by atoms with E-state index in [1.807, 2.05) is 0 Å². The minimum absolute atomic E-state index is 0.244. The number of hydrogen-bond donors (Lipinski definition) is 3. The van der Waals surface area contributed by atoms with Crippen molar-refractivity contribution in [2.45, 2.75) is 25.4 Å². The average molecular weight is 336 g/mol. The van der Waals surface area contributed by atoms with Crippen LogP contribution in [0.5, 0.6) is 0 Å². The van der Waals surface area contributed by atoms with Crippen molar-refractivity contribution in [3.8, 4) is 11.4 Å². The number of carbonyl (C=O) groups excluding carboxylic acids is 1. The van der Waals surface area contributed by atoms with Crippen molar-refractivity contribution in [1.82, 2.24) is 14.7 Å². The summed E-state index contributed by atoms with van der Waals surface area (Å²) in [5.74, 6) is 0.447. The van der Waals surface area contributed by atoms with E-state index in [1.165, 1.54) is 12.1 Å². The van der Waals surface area contributed by atoms with Crippen molar-refractivity contribution in [2.24, 2.45) is 5.92 Å². The zero-order valence-corrected chi connectivity index (χ0v) is 13.1. The minimum Gasteiger partial charge on any atom is -0.393 e. The third kappa shape index (κ3) is 4.23. The van der Waals surface area contributed by atoms with Crippen LogP contribution in [-0.4, -0.2) is 33.1 Å². The monoisotopic (exact) mass is 336 g/mol. The molecule has 1 fully saturated rings. The van der Waals surface area contributed by atoms with Crippen LogP contribution in [0.4, 0.5) is 14.3 Å². The lowest BCUT2D eigenvalue weighted by Gasteiger charge is -2.10. The summed E-state index contributed by atoms with van der Waals surface area (Å²) in [5.41, 5.74) is 0.691. The predicted molar refractivity (Wildman–Crippen MR) is 85.7 cm³/mol. The molecule has 3 N–H and O–H groups in total. The van der Waals surface area contributed by atoms with E-state index in [4.69, 9.17) is 0 Å². The standard InChI is InChI=1S/C15H17FN4O2S/c16-11-4-2-10(3-5-11)13-18-15(23-20-13)19-14(22)17-8-9-1-6-12(21)7-9/h2-5,9,12,21H,1,6-8H2,(H2,17,18,19,20,22)/t9-,12+/m1/s1. The lowest BCUT2D eigenvalue weighted by Crippen LogP contribution is -2.32. The Kier molecular flexibility index (Phi) is 4.82. The lowest BCUT2D eigenvalue weighted by atomic mass is 10.1. The fourth-order valence-corrected chi connectivity index (χ4v) is 3.19. The van der Waals surface area contributed by atoms with Crippen molar-refractivity contribution in [3.05, 3.63) is 30.1 Å². The number of urea groups is 1. The zero-order chi connectivity index (χ0) is 16.2. The van der Waals surface area contributed by atoms with Gasteiger partial charge in [0.2, 0.25) is 5.13 Å². The van der Waals surface area contributed by atoms with E-state index in [-0.39, 0.29) is 18.0 Å². The van der Waals surface area contributed by atoms with E-state index in [1.54, 1.807) is 12.1 Å². The maximum Gasteiger partial charge on any atom is 0.321 e. The number of nitrogens with one attached hydrogen (secondary N) is 2. The summed E-state index contributed by atoms with van der Waals surface area (Å²) in [6.45, 7) is 0.534. The molecular formula is C15H17FN4O2S. The first-order valence-corrected chi connectivity index (χ1v) is 8.20. The molecule has 1 aromatic heterocycles. The smallest absolute Gasteiger partial charge is 0.321 e. The van der Waals surface area contributed by atoms with Crippen LogP contribution in [0.1, 0.15) is 19.3 Å². The van der Waals surface area contributed by atoms with Gasteiger partial charge in [-0.3, -0.25) is 5.32 Å². The largest absolute Gasteiger partial charge is 0.393 e. The van der Waals surface area contributed by atoms with E-state index in [2.05, 4.69) is 20.0 Å². The second-order valence-corrected chi connectivity index (χ2v) is 6.35. The van der Waals surface area contributed by atoms with Gasteiger partial charge in [-0.2, -0.15) is 9.36 Å². The highest BCUT2D eigenvalue weighted by Crippen LogP contribution is 2.24. The third-order valence-corrected chi connectivity index (χ3v) is 4.44. The van der Waals surface area contributed by atoms with Crippen LogP contribution >= 0.6 is 11.5 Å². The predicted octanol–water partition coefficient (Wildman–Crippen LogP) is 2.63. The number of nitrogens with zero attached hydrogens (tertiary/aromatic N) is 2. The first-order chi connectivity index (χ1) is 11.1. The Morgan fingerprint density at radius 1 is 1.35 bits per heavy atom. The Morgan fingerprint density at radius 2 is 2.13 bits per heavy atom. The van der Waals surface area contributed by atoms with Gasteiger partial charge in [0, 0.05) is 23.6 Å². The van der Waals surface area contributed by atoms with Crippen molar-refractivity contribution in [3.63, 3.8) is 0 Å². The molecule has 1 aliphatic carbocycles. The van der Waals surface area contributed by atoms with E-state index >= 15 is 0 Å². The van der Waals surface area contributed by atoms with Crippen molar-refractivity contribution >= 4 is 22.7 Å². The summed E-state index contributed by atoms with van der Waals surface area (Å²) in [6, 6.07) is 5.52. The highest BCUT2D eigenvalue weighted by molar-refractivity contribution is 7.10. The number of aromatic nitrogens is 2. The molecule has 2 amide bonds. The fraction of sp³-hybridized carbons (Fsp3) is 0.400. The molecule has 1 aliphatic rings. The highest BCUT2D eigenvalue weighted by Gasteiger charge is 2.23. The van der Waals surface area contributed by atoms with Crippen molar-refractivity contribution < 1.29 is 14.3 Å². The maximum atomic E-state index is 12.9. The van der Waals surface area contributed by atoms with Crippen LogP contribution in [0.15, 0.2) is 24.3 Å². The fourth-order valence-electron chi connectivity index (χ4n) is 2.60. The Labute approximate surface area is 136 Å². The summed E-state index contributed by atoms with van der Waals surface area (Å²) >= 11 is 1.07. The van der Waals surface area contributed by atoms with Gasteiger partial charge < -0.3 is 10.4 Å². The molecule has 8 heteroatoms. The minimum atomic E-state index is -0.340. The summed E-state index contributed by atoms with van der Waals surface area (Å²) in [6.07, 6.45) is 2.21. The molecule has 0 bridgehead atoms. The second-order valence-electron chi connectivity index (χ2n) is 5.60. The molecule has 122 valence electrons. The van der Waals surface area contributed by atoms with Gasteiger partial charge in [-0.25, -0.2) is 9.18 Å².